The minimum atomic E-state index is -0.901. The number of non-ortho nitro benzene ring substituents is 1. The summed E-state index contributed by atoms with van der Waals surface area (Å²) >= 11 is 1.52. The van der Waals surface area contributed by atoms with E-state index in [1.807, 2.05) is 24.3 Å². The fourth-order valence-corrected chi connectivity index (χ4v) is 4.95. The average Bonchev–Trinajstić information content (AvgIpc) is 2.86. The number of carbonyl (C=O) groups excluding carboxylic acids is 2. The average molecular weight is 541 g/mol. The van der Waals surface area contributed by atoms with E-state index in [2.05, 4.69) is 5.32 Å². The standard InChI is InChI=1S/C28H32N2O7S/c1-17(2)37-28(33)25-19(4)29-18(3)24(26(25)21-6-5-7-22(16-21)30(34)35)27(32)36-14-15-38-23-10-8-20(9-11-23)12-13-31/h5-11,16-17,26,29,31H,12-15H2,1-4H3. The van der Waals surface area contributed by atoms with Crippen LogP contribution in [0.1, 0.15) is 44.7 Å². The van der Waals surface area contributed by atoms with Gasteiger partial charge >= 0.3 is 11.9 Å². The van der Waals surface area contributed by atoms with Crippen LogP contribution in [0.2, 0.25) is 0 Å². The number of aliphatic hydroxyl groups is 1. The number of ether oxygens (including phenoxy) is 2. The Morgan fingerprint density at radius 1 is 1.08 bits per heavy atom. The lowest BCUT2D eigenvalue weighted by atomic mass is 9.80. The van der Waals surface area contributed by atoms with Gasteiger partial charge in [0.15, 0.2) is 0 Å². The first-order chi connectivity index (χ1) is 18.1. The number of dihydropyridines is 1. The second-order valence-electron chi connectivity index (χ2n) is 9.04. The zero-order valence-electron chi connectivity index (χ0n) is 21.9. The number of benzene rings is 2. The van der Waals surface area contributed by atoms with Crippen molar-refractivity contribution in [2.45, 2.75) is 51.0 Å². The summed E-state index contributed by atoms with van der Waals surface area (Å²) in [6.07, 6.45) is 0.197. The normalized spacial score (nSPS) is 15.4. The van der Waals surface area contributed by atoms with E-state index >= 15 is 0 Å². The van der Waals surface area contributed by atoms with E-state index in [0.29, 0.717) is 29.1 Å². The van der Waals surface area contributed by atoms with E-state index in [9.17, 15) is 19.7 Å². The molecular formula is C28H32N2O7S. The highest BCUT2D eigenvalue weighted by atomic mass is 32.2. The number of aliphatic hydroxyl groups excluding tert-OH is 1. The summed E-state index contributed by atoms with van der Waals surface area (Å²) in [5.74, 6) is -1.63. The van der Waals surface area contributed by atoms with Crippen molar-refractivity contribution in [3.05, 3.63) is 92.3 Å². The molecule has 1 aliphatic heterocycles. The molecule has 0 fully saturated rings. The number of nitrogens with one attached hydrogen (secondary N) is 1. The highest BCUT2D eigenvalue weighted by Crippen LogP contribution is 2.40. The van der Waals surface area contributed by atoms with Crippen LogP contribution < -0.4 is 5.32 Å². The lowest BCUT2D eigenvalue weighted by molar-refractivity contribution is -0.384. The smallest absolute Gasteiger partial charge is 0.337 e. The summed E-state index contributed by atoms with van der Waals surface area (Å²) in [4.78, 5) is 38.4. The van der Waals surface area contributed by atoms with E-state index in [-0.39, 0.29) is 30.0 Å². The number of hydrogen-bond donors (Lipinski definition) is 2. The Balaban J connectivity index is 1.83. The molecule has 202 valence electrons. The topological polar surface area (TPSA) is 128 Å². The van der Waals surface area contributed by atoms with Crippen molar-refractivity contribution in [1.82, 2.24) is 5.32 Å². The molecule has 3 rings (SSSR count). The number of thioether (sulfide) groups is 1. The highest BCUT2D eigenvalue weighted by molar-refractivity contribution is 7.99. The molecule has 10 heteroatoms. The lowest BCUT2D eigenvalue weighted by Gasteiger charge is -2.30. The molecule has 0 radical (unpaired) electrons. The summed E-state index contributed by atoms with van der Waals surface area (Å²) in [7, 11) is 0. The van der Waals surface area contributed by atoms with Gasteiger partial charge < -0.3 is 19.9 Å². The number of rotatable bonds is 11. The van der Waals surface area contributed by atoms with Gasteiger partial charge in [0.25, 0.3) is 5.69 Å². The van der Waals surface area contributed by atoms with E-state index in [4.69, 9.17) is 14.6 Å². The van der Waals surface area contributed by atoms with Crippen LogP contribution >= 0.6 is 11.8 Å². The van der Waals surface area contributed by atoms with Gasteiger partial charge in [0.1, 0.15) is 6.61 Å². The van der Waals surface area contributed by atoms with E-state index in [0.717, 1.165) is 10.5 Å². The Morgan fingerprint density at radius 3 is 2.34 bits per heavy atom. The van der Waals surface area contributed by atoms with Crippen LogP contribution in [0, 0.1) is 10.1 Å². The van der Waals surface area contributed by atoms with E-state index in [1.165, 1.54) is 30.0 Å². The largest absolute Gasteiger partial charge is 0.461 e. The van der Waals surface area contributed by atoms with Crippen molar-refractivity contribution in [2.75, 3.05) is 19.0 Å². The molecule has 0 saturated heterocycles. The van der Waals surface area contributed by atoms with Crippen LogP contribution in [0.3, 0.4) is 0 Å². The molecule has 1 heterocycles. The third-order valence-corrected chi connectivity index (χ3v) is 6.84. The number of esters is 2. The number of carbonyl (C=O) groups is 2. The molecule has 2 N–H and O–H groups in total. The molecule has 0 aliphatic carbocycles. The Bertz CT molecular complexity index is 1250. The van der Waals surface area contributed by atoms with Crippen molar-refractivity contribution in [1.29, 1.82) is 0 Å². The molecule has 2 aromatic rings. The molecule has 0 bridgehead atoms. The highest BCUT2D eigenvalue weighted by Gasteiger charge is 2.38. The maximum Gasteiger partial charge on any atom is 0.337 e. The van der Waals surface area contributed by atoms with Crippen molar-refractivity contribution < 1.29 is 29.1 Å². The SMILES string of the molecule is CC1=C(C(=O)OCCSc2ccc(CCO)cc2)C(c2cccc([N+](=O)[O-])c2)C(C(=O)OC(C)C)=C(C)N1. The molecule has 38 heavy (non-hydrogen) atoms. The van der Waals surface area contributed by atoms with Crippen molar-refractivity contribution in [3.63, 3.8) is 0 Å². The maximum atomic E-state index is 13.4. The van der Waals surface area contributed by atoms with Gasteiger partial charge in [-0.25, -0.2) is 9.59 Å². The van der Waals surface area contributed by atoms with Crippen LogP contribution in [-0.2, 0) is 25.5 Å². The van der Waals surface area contributed by atoms with Gasteiger partial charge in [-0.2, -0.15) is 0 Å². The van der Waals surface area contributed by atoms with Crippen LogP contribution in [-0.4, -0.2) is 47.0 Å². The number of nitrogens with zero attached hydrogens (tertiary/aromatic N) is 1. The Morgan fingerprint density at radius 2 is 1.74 bits per heavy atom. The number of nitro benzene ring substituents is 1. The molecule has 1 unspecified atom stereocenters. The van der Waals surface area contributed by atoms with Crippen molar-refractivity contribution in [2.24, 2.45) is 0 Å². The number of nitro groups is 1. The van der Waals surface area contributed by atoms with Gasteiger partial charge in [0.05, 0.1) is 28.1 Å². The first-order valence-corrected chi connectivity index (χ1v) is 13.2. The minimum Gasteiger partial charge on any atom is -0.461 e. The van der Waals surface area contributed by atoms with Gasteiger partial charge in [-0.1, -0.05) is 24.3 Å². The zero-order valence-corrected chi connectivity index (χ0v) is 22.7. The van der Waals surface area contributed by atoms with Crippen LogP contribution in [0.25, 0.3) is 0 Å². The molecule has 1 atom stereocenters. The second kappa shape index (κ2) is 13.3. The van der Waals surface area contributed by atoms with Gasteiger partial charge in [0, 0.05) is 40.8 Å². The molecule has 0 amide bonds. The first-order valence-electron chi connectivity index (χ1n) is 12.3. The summed E-state index contributed by atoms with van der Waals surface area (Å²) < 4.78 is 11.1. The van der Waals surface area contributed by atoms with Crippen LogP contribution in [0.15, 0.2) is 76.0 Å². The number of allylic oxidation sites excluding steroid dienone is 2. The quantitative estimate of drug-likeness (QED) is 0.138. The molecule has 1 aliphatic rings. The van der Waals surface area contributed by atoms with Crippen molar-refractivity contribution in [3.8, 4) is 0 Å². The fraction of sp³-hybridized carbons (Fsp3) is 0.357. The van der Waals surface area contributed by atoms with Crippen LogP contribution in [0.4, 0.5) is 5.69 Å². The zero-order chi connectivity index (χ0) is 27.8. The summed E-state index contributed by atoms with van der Waals surface area (Å²) in [6.45, 7) is 7.07. The van der Waals surface area contributed by atoms with E-state index < -0.39 is 28.9 Å². The Labute approximate surface area is 226 Å². The monoisotopic (exact) mass is 540 g/mol. The van der Waals surface area contributed by atoms with E-state index in [1.54, 1.807) is 33.8 Å². The predicted molar refractivity (Wildman–Crippen MR) is 145 cm³/mol. The molecule has 2 aromatic carbocycles. The fourth-order valence-electron chi connectivity index (χ4n) is 4.22. The maximum absolute atomic E-state index is 13.4. The van der Waals surface area contributed by atoms with Gasteiger partial charge in [-0.3, -0.25) is 10.1 Å². The lowest BCUT2D eigenvalue weighted by Crippen LogP contribution is -2.33. The first kappa shape index (κ1) is 28.9. The third-order valence-electron chi connectivity index (χ3n) is 5.87. The molecular weight excluding hydrogens is 508 g/mol. The predicted octanol–water partition coefficient (Wildman–Crippen LogP) is 4.65. The third kappa shape index (κ3) is 7.23. The summed E-state index contributed by atoms with van der Waals surface area (Å²) in [5.41, 5.74) is 2.71. The molecule has 0 aromatic heterocycles. The van der Waals surface area contributed by atoms with Gasteiger partial charge in [0.2, 0.25) is 0 Å². The van der Waals surface area contributed by atoms with Gasteiger partial charge in [-0.15, -0.1) is 11.8 Å². The minimum absolute atomic E-state index is 0.0928. The molecule has 0 saturated carbocycles. The van der Waals surface area contributed by atoms with Crippen LogP contribution in [0.5, 0.6) is 0 Å². The Hall–Kier alpha value is -3.63. The second-order valence-corrected chi connectivity index (χ2v) is 10.2. The summed E-state index contributed by atoms with van der Waals surface area (Å²) in [5, 5.41) is 23.6. The summed E-state index contributed by atoms with van der Waals surface area (Å²) in [6, 6.07) is 13.7. The molecule has 0 spiro atoms. The number of hydrogen-bond acceptors (Lipinski definition) is 9. The van der Waals surface area contributed by atoms with Crippen molar-refractivity contribution >= 4 is 29.4 Å². The Kier molecular flexibility index (Phi) is 10.1. The molecule has 9 nitrogen and oxygen atoms in total. The van der Waals surface area contributed by atoms with Gasteiger partial charge in [-0.05, 0) is 57.4 Å².